The number of nitrogens with one attached hydrogen (secondary N) is 3. The summed E-state index contributed by atoms with van der Waals surface area (Å²) in [6.45, 7) is 1.99. The van der Waals surface area contributed by atoms with Gasteiger partial charge in [-0.3, -0.25) is 4.79 Å². The average molecular weight is 486 g/mol. The van der Waals surface area contributed by atoms with Gasteiger partial charge in [-0.2, -0.15) is 13.2 Å². The minimum Gasteiger partial charge on any atom is -0.351 e. The summed E-state index contributed by atoms with van der Waals surface area (Å²) < 4.78 is 77.8. The molecule has 3 N–H and O–H groups in total. The molecule has 11 heteroatoms. The van der Waals surface area contributed by atoms with E-state index in [4.69, 9.17) is 0 Å². The van der Waals surface area contributed by atoms with Crippen molar-refractivity contribution >= 4 is 15.7 Å². The van der Waals surface area contributed by atoms with Gasteiger partial charge in [-0.25, -0.2) is 12.8 Å². The van der Waals surface area contributed by atoms with Gasteiger partial charge in [-0.1, -0.05) is 12.1 Å². The summed E-state index contributed by atoms with van der Waals surface area (Å²) in [5.74, 6) is -1.25. The van der Waals surface area contributed by atoms with E-state index in [1.54, 1.807) is 0 Å². The van der Waals surface area contributed by atoms with Crippen molar-refractivity contribution in [1.29, 1.82) is 0 Å². The van der Waals surface area contributed by atoms with Crippen LogP contribution in [-0.4, -0.2) is 39.5 Å². The first-order valence-corrected chi connectivity index (χ1v) is 12.0. The van der Waals surface area contributed by atoms with Gasteiger partial charge in [-0.05, 0) is 67.7 Å². The third-order valence-electron chi connectivity index (χ3n) is 6.13. The highest BCUT2D eigenvalue weighted by Crippen LogP contribution is 2.34. The first-order chi connectivity index (χ1) is 15.6. The van der Waals surface area contributed by atoms with Gasteiger partial charge in [0.05, 0.1) is 21.4 Å². The van der Waals surface area contributed by atoms with Crippen molar-refractivity contribution in [3.63, 3.8) is 0 Å². The lowest BCUT2D eigenvalue weighted by Crippen LogP contribution is -2.45. The molecule has 4 rings (SSSR count). The molecule has 2 aliphatic rings. The van der Waals surface area contributed by atoms with Crippen molar-refractivity contribution < 1.29 is 30.8 Å². The van der Waals surface area contributed by atoms with E-state index >= 15 is 0 Å². The van der Waals surface area contributed by atoms with Gasteiger partial charge in [0.15, 0.2) is 0 Å². The predicted octanol–water partition coefficient (Wildman–Crippen LogP) is 2.63. The highest BCUT2D eigenvalue weighted by Gasteiger charge is 2.38. The molecule has 3 unspecified atom stereocenters. The number of piperidine rings is 1. The molecule has 0 bridgehead atoms. The van der Waals surface area contributed by atoms with Crippen LogP contribution < -0.4 is 16.0 Å². The summed E-state index contributed by atoms with van der Waals surface area (Å²) in [4.78, 5) is 11.6. The van der Waals surface area contributed by atoms with Crippen LogP contribution in [-0.2, 0) is 27.4 Å². The van der Waals surface area contributed by atoms with Gasteiger partial charge in [0, 0.05) is 12.6 Å². The van der Waals surface area contributed by atoms with E-state index in [1.165, 1.54) is 24.3 Å². The molecule has 6 nitrogen and oxygen atoms in total. The van der Waals surface area contributed by atoms with Crippen molar-refractivity contribution in [3.8, 4) is 0 Å². The highest BCUT2D eigenvalue weighted by atomic mass is 32.2. The topological polar surface area (TPSA) is 87.3 Å². The van der Waals surface area contributed by atoms with Crippen LogP contribution in [0.1, 0.15) is 24.0 Å². The Morgan fingerprint density at radius 2 is 1.79 bits per heavy atom. The van der Waals surface area contributed by atoms with Gasteiger partial charge >= 0.3 is 6.18 Å². The van der Waals surface area contributed by atoms with Crippen LogP contribution in [0, 0.1) is 11.7 Å². The van der Waals surface area contributed by atoms with Crippen molar-refractivity contribution in [2.24, 2.45) is 5.92 Å². The lowest BCUT2D eigenvalue weighted by atomic mass is 9.94. The molecule has 178 valence electrons. The fourth-order valence-electron chi connectivity index (χ4n) is 4.33. The molecule has 2 saturated heterocycles. The fraction of sp³-hybridized carbons (Fsp3) is 0.409. The third kappa shape index (κ3) is 5.04. The molecular weight excluding hydrogens is 462 g/mol. The monoisotopic (exact) mass is 485 g/mol. The SMILES string of the molecule is O=C(NCc1ccc(S(=O)(=O)c2ccc(F)c(C(F)(F)F)c2)cc1)C1CC2CNCCC2N1. The summed E-state index contributed by atoms with van der Waals surface area (Å²) in [5.41, 5.74) is -1.01. The Morgan fingerprint density at radius 3 is 2.45 bits per heavy atom. The molecule has 2 aromatic carbocycles. The van der Waals surface area contributed by atoms with Crippen LogP contribution in [0.2, 0.25) is 0 Å². The third-order valence-corrected chi connectivity index (χ3v) is 7.90. The second kappa shape index (κ2) is 9.03. The van der Waals surface area contributed by atoms with Crippen molar-refractivity contribution in [2.75, 3.05) is 13.1 Å². The molecule has 0 aliphatic carbocycles. The molecule has 33 heavy (non-hydrogen) atoms. The van der Waals surface area contributed by atoms with Crippen LogP contribution >= 0.6 is 0 Å². The Hall–Kier alpha value is -2.50. The number of alkyl halides is 3. The van der Waals surface area contributed by atoms with Gasteiger partial charge in [0.2, 0.25) is 15.7 Å². The molecule has 2 fully saturated rings. The number of benzene rings is 2. The van der Waals surface area contributed by atoms with Gasteiger partial charge in [0.25, 0.3) is 0 Å². The molecule has 0 saturated carbocycles. The summed E-state index contributed by atoms with van der Waals surface area (Å²) in [5, 5.41) is 9.51. The minimum absolute atomic E-state index is 0.132. The standard InChI is InChI=1S/C22H23F4N3O3S/c23-18-6-5-16(10-17(18)22(24,25)26)33(31,32)15-3-1-13(2-4-15)11-28-21(30)20-9-14-12-27-8-7-19(14)29-20/h1-6,10,14,19-20,27,29H,7-9,11-12H2,(H,28,30). The number of hydrogen-bond acceptors (Lipinski definition) is 5. The van der Waals surface area contributed by atoms with E-state index in [-0.39, 0.29) is 23.4 Å². The number of rotatable bonds is 5. The number of sulfone groups is 1. The summed E-state index contributed by atoms with van der Waals surface area (Å²) >= 11 is 0. The smallest absolute Gasteiger partial charge is 0.351 e. The maximum Gasteiger partial charge on any atom is 0.419 e. The summed E-state index contributed by atoms with van der Waals surface area (Å²) in [6, 6.07) is 7.10. The number of amides is 1. The molecule has 2 heterocycles. The Kier molecular flexibility index (Phi) is 6.47. The zero-order valence-electron chi connectivity index (χ0n) is 17.5. The lowest BCUT2D eigenvalue weighted by molar-refractivity contribution is -0.140. The van der Waals surface area contributed by atoms with Crippen LogP contribution in [0.25, 0.3) is 0 Å². The van der Waals surface area contributed by atoms with E-state index in [9.17, 15) is 30.8 Å². The molecule has 2 aliphatic heterocycles. The highest BCUT2D eigenvalue weighted by molar-refractivity contribution is 7.91. The van der Waals surface area contributed by atoms with E-state index in [2.05, 4.69) is 16.0 Å². The fourth-order valence-corrected chi connectivity index (χ4v) is 5.61. The van der Waals surface area contributed by atoms with E-state index in [1.807, 2.05) is 0 Å². The van der Waals surface area contributed by atoms with Gasteiger partial charge < -0.3 is 16.0 Å². The van der Waals surface area contributed by atoms with Crippen molar-refractivity contribution in [3.05, 3.63) is 59.4 Å². The Morgan fingerprint density at radius 1 is 1.09 bits per heavy atom. The normalized spacial score (nSPS) is 23.2. The van der Waals surface area contributed by atoms with Crippen LogP contribution in [0.15, 0.2) is 52.3 Å². The number of fused-ring (bicyclic) bond motifs is 1. The number of carbonyl (C=O) groups is 1. The second-order valence-corrected chi connectivity index (χ2v) is 10.3. The van der Waals surface area contributed by atoms with Crippen molar-refractivity contribution in [1.82, 2.24) is 16.0 Å². The molecule has 0 radical (unpaired) electrons. The first kappa shape index (κ1) is 23.7. The number of halogens is 4. The molecule has 0 aromatic heterocycles. The van der Waals surface area contributed by atoms with Gasteiger partial charge in [-0.15, -0.1) is 0 Å². The predicted molar refractivity (Wildman–Crippen MR) is 111 cm³/mol. The largest absolute Gasteiger partial charge is 0.419 e. The second-order valence-electron chi connectivity index (χ2n) is 8.32. The maximum absolute atomic E-state index is 13.5. The molecule has 1 amide bonds. The van der Waals surface area contributed by atoms with Gasteiger partial charge in [0.1, 0.15) is 5.82 Å². The average Bonchev–Trinajstić information content (AvgIpc) is 3.21. The van der Waals surface area contributed by atoms with Crippen LogP contribution in [0.3, 0.4) is 0 Å². The zero-order chi connectivity index (χ0) is 23.8. The van der Waals surface area contributed by atoms with E-state index in [0.29, 0.717) is 29.7 Å². The number of hydrogen-bond donors (Lipinski definition) is 3. The lowest BCUT2D eigenvalue weighted by Gasteiger charge is -2.25. The minimum atomic E-state index is -5.01. The van der Waals surface area contributed by atoms with Crippen LogP contribution in [0.4, 0.5) is 17.6 Å². The molecular formula is C22H23F4N3O3S. The number of carbonyl (C=O) groups excluding carboxylic acids is 1. The van der Waals surface area contributed by atoms with Crippen LogP contribution in [0.5, 0.6) is 0 Å². The summed E-state index contributed by atoms with van der Waals surface area (Å²) in [7, 11) is -4.28. The Bertz CT molecular complexity index is 1120. The summed E-state index contributed by atoms with van der Waals surface area (Å²) in [6.07, 6.45) is -3.29. The molecule has 0 spiro atoms. The Labute approximate surface area is 188 Å². The molecule has 3 atom stereocenters. The zero-order valence-corrected chi connectivity index (χ0v) is 18.3. The first-order valence-electron chi connectivity index (χ1n) is 10.5. The Balaban J connectivity index is 1.41. The maximum atomic E-state index is 13.5. The van der Waals surface area contributed by atoms with Crippen molar-refractivity contribution in [2.45, 2.75) is 47.4 Å². The molecule has 2 aromatic rings. The quantitative estimate of drug-likeness (QED) is 0.448. The van der Waals surface area contributed by atoms with E-state index in [0.717, 1.165) is 32.0 Å². The van der Waals surface area contributed by atoms with E-state index < -0.39 is 32.3 Å².